The molecule has 3 aliphatic rings. The van der Waals surface area contributed by atoms with E-state index in [0.717, 1.165) is 39.2 Å². The normalized spacial score (nSPS) is 18.8. The number of aliphatic carboxylic acids is 1. The van der Waals surface area contributed by atoms with Crippen molar-refractivity contribution in [1.82, 2.24) is 9.47 Å². The number of halogens is 4. The summed E-state index contributed by atoms with van der Waals surface area (Å²) in [6, 6.07) is 36.1. The average molecular weight is 1150 g/mol. The summed E-state index contributed by atoms with van der Waals surface area (Å²) in [7, 11) is -10.0. The van der Waals surface area contributed by atoms with E-state index in [1.807, 2.05) is 106 Å². The van der Waals surface area contributed by atoms with Gasteiger partial charge in [0.2, 0.25) is 0 Å². The summed E-state index contributed by atoms with van der Waals surface area (Å²) in [5.74, 6) is -1.03. The maximum absolute atomic E-state index is 15.0. The van der Waals surface area contributed by atoms with Crippen LogP contribution in [0.1, 0.15) is 50.4 Å². The molecule has 0 amide bonds. The summed E-state index contributed by atoms with van der Waals surface area (Å²) in [6.07, 6.45) is 1.52. The minimum Gasteiger partial charge on any atom is -0.481 e. The number of rotatable bonds is 18. The number of aromatic nitrogens is 1. The van der Waals surface area contributed by atoms with Crippen LogP contribution in [0, 0.1) is 18.8 Å². The van der Waals surface area contributed by atoms with Gasteiger partial charge in [-0.15, -0.1) is 11.8 Å². The Balaban J connectivity index is 0.920. The highest BCUT2D eigenvalue weighted by Gasteiger charge is 2.49. The van der Waals surface area contributed by atoms with Gasteiger partial charge in [-0.2, -0.15) is 13.2 Å². The van der Waals surface area contributed by atoms with Crippen LogP contribution in [0.4, 0.5) is 30.2 Å². The van der Waals surface area contributed by atoms with E-state index in [4.69, 9.17) is 16.1 Å². The van der Waals surface area contributed by atoms with E-state index in [1.165, 1.54) is 28.6 Å². The topological polar surface area (TPSA) is 153 Å². The fraction of sp³-hybridized carbons (Fsp3) is 0.375. The summed E-state index contributed by atoms with van der Waals surface area (Å²) in [6.45, 7) is 10.4. The van der Waals surface area contributed by atoms with Crippen LogP contribution >= 0.6 is 30.9 Å². The molecule has 5 aromatic carbocycles. The van der Waals surface area contributed by atoms with E-state index in [-0.39, 0.29) is 42.4 Å². The van der Waals surface area contributed by atoms with Gasteiger partial charge in [0.05, 0.1) is 39.9 Å². The van der Waals surface area contributed by atoms with E-state index < -0.39 is 50.7 Å². The highest BCUT2D eigenvalue weighted by molar-refractivity contribution is 7.99. The number of likely N-dealkylation sites (tertiary alicyclic amines) is 1. The molecule has 9 rings (SSSR count). The van der Waals surface area contributed by atoms with Gasteiger partial charge in [-0.05, 0) is 161 Å². The maximum atomic E-state index is 15.0. The predicted molar refractivity (Wildman–Crippen MR) is 301 cm³/mol. The van der Waals surface area contributed by atoms with E-state index in [2.05, 4.69) is 25.3 Å². The molecule has 0 radical (unpaired) electrons. The van der Waals surface area contributed by atoms with Crippen LogP contribution in [0.25, 0.3) is 22.4 Å². The Kier molecular flexibility index (Phi) is 17.4. The van der Waals surface area contributed by atoms with Crippen molar-refractivity contribution in [3.63, 3.8) is 0 Å². The zero-order valence-corrected chi connectivity index (χ0v) is 47.0. The second-order valence-electron chi connectivity index (χ2n) is 20.1. The molecule has 0 bridgehead atoms. The molecule has 21 heteroatoms. The van der Waals surface area contributed by atoms with E-state index in [1.54, 1.807) is 12.1 Å². The van der Waals surface area contributed by atoms with Crippen LogP contribution in [-0.2, 0) is 41.2 Å². The van der Waals surface area contributed by atoms with Gasteiger partial charge in [-0.25, -0.2) is 12.6 Å². The third-order valence-corrected chi connectivity index (χ3v) is 21.3. The second kappa shape index (κ2) is 23.7. The summed E-state index contributed by atoms with van der Waals surface area (Å²) in [5.41, 5.74) is 0.618. The van der Waals surface area contributed by atoms with E-state index >= 15 is 4.57 Å². The van der Waals surface area contributed by atoms with Crippen molar-refractivity contribution in [1.29, 1.82) is 0 Å². The number of carboxylic acids is 1. The van der Waals surface area contributed by atoms with E-state index in [0.29, 0.717) is 97.7 Å². The summed E-state index contributed by atoms with van der Waals surface area (Å²) >= 11 is 5.53. The smallest absolute Gasteiger partial charge is 0.481 e. The lowest BCUT2D eigenvalue weighted by molar-refractivity contribution is -0.143. The molecule has 4 heterocycles. The van der Waals surface area contributed by atoms with Crippen molar-refractivity contribution in [3.05, 3.63) is 138 Å². The van der Waals surface area contributed by atoms with Gasteiger partial charge in [0, 0.05) is 76.2 Å². The van der Waals surface area contributed by atoms with Crippen LogP contribution in [0.3, 0.4) is 0 Å². The number of thioether (sulfide) groups is 1. The van der Waals surface area contributed by atoms with Gasteiger partial charge in [0.25, 0.3) is 9.84 Å². The molecule has 3 saturated heterocycles. The molecule has 77 heavy (non-hydrogen) atoms. The third-order valence-electron chi connectivity index (χ3n) is 14.9. The van der Waals surface area contributed by atoms with Crippen molar-refractivity contribution >= 4 is 80.1 Å². The molecule has 2 N–H and O–H groups in total. The largest absolute Gasteiger partial charge is 0.501 e. The third kappa shape index (κ3) is 12.2. The Morgan fingerprint density at radius 2 is 1.48 bits per heavy atom. The zero-order chi connectivity index (χ0) is 54.8. The van der Waals surface area contributed by atoms with Crippen LogP contribution in [-0.4, -0.2) is 108 Å². The molecule has 0 aliphatic carbocycles. The summed E-state index contributed by atoms with van der Waals surface area (Å²) in [4.78, 5) is 18.6. The minimum absolute atomic E-state index is 0.000830. The van der Waals surface area contributed by atoms with Crippen LogP contribution in [0.15, 0.2) is 136 Å². The Hall–Kier alpha value is -5.11. The van der Waals surface area contributed by atoms with E-state index in [9.17, 15) is 40.3 Å². The lowest BCUT2D eigenvalue weighted by Gasteiger charge is -2.37. The molecule has 3 aliphatic heterocycles. The molecule has 3 fully saturated rings. The number of hydrogen-bond donors (Lipinski definition) is 2. The molecule has 13 nitrogen and oxygen atoms in total. The zero-order valence-electron chi connectivity index (χ0n) is 42.9. The number of sulfone groups is 1. The first-order valence-electron chi connectivity index (χ1n) is 25.7. The average Bonchev–Trinajstić information content (AvgIpc) is 4.01. The molecular formula is C56H62ClF3N5O8PS3. The number of benzene rings is 5. The van der Waals surface area contributed by atoms with Crippen molar-refractivity contribution in [2.24, 2.45) is 11.8 Å². The van der Waals surface area contributed by atoms with Gasteiger partial charge in [-0.1, -0.05) is 60.1 Å². The first-order chi connectivity index (χ1) is 36.7. The Morgan fingerprint density at radius 3 is 2.10 bits per heavy atom. The number of alkyl halides is 3. The van der Waals surface area contributed by atoms with Gasteiger partial charge in [-0.3, -0.25) is 14.0 Å². The second-order valence-corrected chi connectivity index (χ2v) is 26.7. The highest BCUT2D eigenvalue weighted by Crippen LogP contribution is 2.56. The molecule has 0 spiro atoms. The van der Waals surface area contributed by atoms with Crippen molar-refractivity contribution < 1.29 is 49.3 Å². The fourth-order valence-corrected chi connectivity index (χ4v) is 16.2. The molecule has 0 saturated carbocycles. The number of carboxylic acid groups (broad SMARTS) is 1. The van der Waals surface area contributed by atoms with Crippen molar-refractivity contribution in [2.75, 3.05) is 79.2 Å². The molecule has 1 unspecified atom stereocenters. The van der Waals surface area contributed by atoms with Crippen LogP contribution in [0.5, 0.6) is 0 Å². The SMILES string of the molecule is Cc1c(S(=O)O)c(-c2cccc(N3CCN(c4ccc(N5CCO[P@]5(=O)c5ccc(C[C@H](CCN6CCC(C(=O)O)CC6)CSc6ccccc6)c(S(=O)(=O)C(F)(F)F)c5)cc4)CC3)c2)c(-c2ccc(Cl)cc2)n1C(C)C. The Bertz CT molecular complexity index is 3260. The molecule has 1 aromatic heterocycles. The first-order valence-corrected chi connectivity index (χ1v) is 31.2. The van der Waals surface area contributed by atoms with Gasteiger partial charge >= 0.3 is 19.0 Å². The van der Waals surface area contributed by atoms with Gasteiger partial charge < -0.3 is 33.4 Å². The molecule has 3 atom stereocenters. The standard InChI is InChI=1S/C56H62ClF3N5O8PS3/c1-38(2)65-39(3)54(76(69)70)52(53(65)41-12-15-45(57)16-13-41)44-8-7-9-48(35-44)63-30-28-62(29-31-63)46-17-19-47(20-18-46)64-32-33-73-74(64,68)49-21-14-43(51(36-49)77(71,72)56(58,59)60)34-40(37-75-50-10-5-4-6-11-50)22-25-61-26-23-42(24-27-61)55(66)67/h4-21,35-36,38,40,42H,22-34,37H2,1-3H3,(H,66,67)(H,69,70)/t40-,74+/m0/s1. The number of carbonyl (C=O) groups is 1. The summed E-state index contributed by atoms with van der Waals surface area (Å²) in [5, 5.41) is 9.92. The lowest BCUT2D eigenvalue weighted by Crippen LogP contribution is -2.46. The molecule has 410 valence electrons. The van der Waals surface area contributed by atoms with Crippen molar-refractivity contribution in [2.45, 2.75) is 72.7 Å². The number of anilines is 3. The molecular weight excluding hydrogens is 1090 g/mol. The Labute approximate surface area is 460 Å². The summed E-state index contributed by atoms with van der Waals surface area (Å²) < 4.78 is 119. The first kappa shape index (κ1) is 56.6. The number of piperazine rings is 1. The quantitative estimate of drug-likeness (QED) is 0.0477. The fourth-order valence-electron chi connectivity index (χ4n) is 10.9. The molecule has 6 aromatic rings. The van der Waals surface area contributed by atoms with Crippen LogP contribution < -0.4 is 19.8 Å². The number of piperidine rings is 1. The highest BCUT2D eigenvalue weighted by atomic mass is 35.5. The predicted octanol–water partition coefficient (Wildman–Crippen LogP) is 12.1. The monoisotopic (exact) mass is 1150 g/mol. The van der Waals surface area contributed by atoms with Gasteiger partial charge in [0.15, 0.2) is 11.1 Å². The Morgan fingerprint density at radius 1 is 0.831 bits per heavy atom. The van der Waals surface area contributed by atoms with Crippen LogP contribution in [0.2, 0.25) is 5.02 Å². The number of nitrogens with zero attached hydrogens (tertiary/aromatic N) is 5. The van der Waals surface area contributed by atoms with Gasteiger partial charge in [0.1, 0.15) is 0 Å². The number of hydrogen-bond acceptors (Lipinski definition) is 10. The van der Waals surface area contributed by atoms with Crippen molar-refractivity contribution in [3.8, 4) is 22.4 Å². The maximum Gasteiger partial charge on any atom is 0.501 e. The lowest BCUT2D eigenvalue weighted by atomic mass is 9.95. The minimum atomic E-state index is -5.91.